The highest BCUT2D eigenvalue weighted by Gasteiger charge is 2.36. The summed E-state index contributed by atoms with van der Waals surface area (Å²) >= 11 is 0. The second-order valence-corrected chi connectivity index (χ2v) is 6.74. The van der Waals surface area contributed by atoms with E-state index >= 15 is 0 Å². The highest BCUT2D eigenvalue weighted by molar-refractivity contribution is 5.96. The van der Waals surface area contributed by atoms with Crippen LogP contribution in [-0.2, 0) is 4.79 Å². The first-order valence-corrected chi connectivity index (χ1v) is 7.42. The molecule has 2 aromatic rings. The zero-order valence-electron chi connectivity index (χ0n) is 12.9. The SMILES string of the molecule is Cc1cccc(-c2ccc(N3CC(C)(C)CC3=O)cc2)c1. The van der Waals surface area contributed by atoms with Gasteiger partial charge in [0.15, 0.2) is 0 Å². The Hall–Kier alpha value is -2.09. The number of rotatable bonds is 2. The number of benzene rings is 2. The first-order chi connectivity index (χ1) is 9.94. The first kappa shape index (κ1) is 13.9. The van der Waals surface area contributed by atoms with Crippen molar-refractivity contribution >= 4 is 11.6 Å². The largest absolute Gasteiger partial charge is 0.312 e. The van der Waals surface area contributed by atoms with Crippen molar-refractivity contribution in [2.75, 3.05) is 11.4 Å². The van der Waals surface area contributed by atoms with Crippen molar-refractivity contribution in [2.24, 2.45) is 5.41 Å². The zero-order chi connectivity index (χ0) is 15.0. The maximum Gasteiger partial charge on any atom is 0.227 e. The lowest BCUT2D eigenvalue weighted by molar-refractivity contribution is -0.117. The van der Waals surface area contributed by atoms with E-state index in [1.807, 2.05) is 4.90 Å². The van der Waals surface area contributed by atoms with Crippen LogP contribution in [0.15, 0.2) is 48.5 Å². The number of aryl methyl sites for hydroxylation is 1. The lowest BCUT2D eigenvalue weighted by Crippen LogP contribution is -2.25. The normalized spacial score (nSPS) is 17.3. The van der Waals surface area contributed by atoms with Crippen molar-refractivity contribution in [3.8, 4) is 11.1 Å². The molecule has 0 unspecified atom stereocenters. The Bertz CT molecular complexity index is 670. The zero-order valence-corrected chi connectivity index (χ0v) is 12.9. The van der Waals surface area contributed by atoms with E-state index in [1.54, 1.807) is 0 Å². The third-order valence-corrected chi connectivity index (χ3v) is 4.05. The topological polar surface area (TPSA) is 20.3 Å². The summed E-state index contributed by atoms with van der Waals surface area (Å²) < 4.78 is 0. The van der Waals surface area contributed by atoms with Crippen molar-refractivity contribution in [2.45, 2.75) is 27.2 Å². The molecule has 0 bridgehead atoms. The van der Waals surface area contributed by atoms with Gasteiger partial charge in [-0.05, 0) is 35.6 Å². The van der Waals surface area contributed by atoms with Gasteiger partial charge in [-0.3, -0.25) is 4.79 Å². The van der Waals surface area contributed by atoms with Crippen LogP contribution in [0.5, 0.6) is 0 Å². The maximum absolute atomic E-state index is 12.1. The Morgan fingerprint density at radius 1 is 1.00 bits per heavy atom. The third kappa shape index (κ3) is 2.85. The lowest BCUT2D eigenvalue weighted by Gasteiger charge is -2.20. The smallest absolute Gasteiger partial charge is 0.227 e. The van der Waals surface area contributed by atoms with E-state index in [1.165, 1.54) is 16.7 Å². The van der Waals surface area contributed by atoms with Gasteiger partial charge in [0.05, 0.1) is 0 Å². The van der Waals surface area contributed by atoms with Gasteiger partial charge in [-0.25, -0.2) is 0 Å². The Morgan fingerprint density at radius 3 is 2.29 bits per heavy atom. The number of amides is 1. The van der Waals surface area contributed by atoms with E-state index in [2.05, 4.69) is 69.3 Å². The molecule has 0 atom stereocenters. The van der Waals surface area contributed by atoms with Gasteiger partial charge in [0.1, 0.15) is 0 Å². The highest BCUT2D eigenvalue weighted by Crippen LogP contribution is 2.34. The molecular weight excluding hydrogens is 258 g/mol. The van der Waals surface area contributed by atoms with E-state index in [4.69, 9.17) is 0 Å². The molecule has 21 heavy (non-hydrogen) atoms. The molecule has 0 aliphatic carbocycles. The summed E-state index contributed by atoms with van der Waals surface area (Å²) in [4.78, 5) is 14.0. The summed E-state index contributed by atoms with van der Waals surface area (Å²) in [6, 6.07) is 16.8. The molecule has 2 heteroatoms. The van der Waals surface area contributed by atoms with Gasteiger partial charge in [0.2, 0.25) is 5.91 Å². The van der Waals surface area contributed by atoms with Crippen LogP contribution in [0.4, 0.5) is 5.69 Å². The van der Waals surface area contributed by atoms with Crippen LogP contribution in [0.25, 0.3) is 11.1 Å². The summed E-state index contributed by atoms with van der Waals surface area (Å²) in [5.74, 6) is 0.225. The van der Waals surface area contributed by atoms with E-state index in [0.29, 0.717) is 6.42 Å². The number of carbonyl (C=O) groups excluding carboxylic acids is 1. The molecule has 0 N–H and O–H groups in total. The molecule has 0 saturated carbocycles. The minimum atomic E-state index is 0.0757. The number of anilines is 1. The molecule has 0 spiro atoms. The monoisotopic (exact) mass is 279 g/mol. The lowest BCUT2D eigenvalue weighted by atomic mass is 9.93. The molecule has 1 aliphatic rings. The minimum absolute atomic E-state index is 0.0757. The Kier molecular flexibility index (Phi) is 3.32. The van der Waals surface area contributed by atoms with Gasteiger partial charge in [-0.2, -0.15) is 0 Å². The van der Waals surface area contributed by atoms with Crippen LogP contribution in [0.3, 0.4) is 0 Å². The highest BCUT2D eigenvalue weighted by atomic mass is 16.2. The molecular formula is C19H21NO. The second kappa shape index (κ2) is 5.03. The second-order valence-electron chi connectivity index (χ2n) is 6.74. The van der Waals surface area contributed by atoms with E-state index in [0.717, 1.165) is 12.2 Å². The number of carbonyl (C=O) groups is 1. The van der Waals surface area contributed by atoms with Crippen molar-refractivity contribution < 1.29 is 4.79 Å². The Labute approximate surface area is 126 Å². The van der Waals surface area contributed by atoms with Crippen molar-refractivity contribution in [3.63, 3.8) is 0 Å². The van der Waals surface area contributed by atoms with Crippen LogP contribution in [0, 0.1) is 12.3 Å². The molecule has 108 valence electrons. The van der Waals surface area contributed by atoms with Crippen molar-refractivity contribution in [3.05, 3.63) is 54.1 Å². The van der Waals surface area contributed by atoms with Crippen molar-refractivity contribution in [1.29, 1.82) is 0 Å². The fourth-order valence-electron chi connectivity index (χ4n) is 2.97. The molecule has 1 saturated heterocycles. The molecule has 2 aromatic carbocycles. The molecule has 0 radical (unpaired) electrons. The molecule has 1 fully saturated rings. The maximum atomic E-state index is 12.1. The summed E-state index contributed by atoms with van der Waals surface area (Å²) in [5, 5.41) is 0. The molecule has 2 nitrogen and oxygen atoms in total. The average Bonchev–Trinajstić information content (AvgIpc) is 2.72. The number of nitrogens with zero attached hydrogens (tertiary/aromatic N) is 1. The fourth-order valence-corrected chi connectivity index (χ4v) is 2.97. The van der Waals surface area contributed by atoms with Crippen LogP contribution in [-0.4, -0.2) is 12.5 Å². The predicted octanol–water partition coefficient (Wildman–Crippen LogP) is 4.42. The molecule has 1 heterocycles. The Balaban J connectivity index is 1.87. The van der Waals surface area contributed by atoms with Crippen LogP contribution < -0.4 is 4.90 Å². The van der Waals surface area contributed by atoms with Crippen LogP contribution in [0.1, 0.15) is 25.8 Å². The van der Waals surface area contributed by atoms with Gasteiger partial charge in [-0.1, -0.05) is 55.8 Å². The average molecular weight is 279 g/mol. The van der Waals surface area contributed by atoms with Gasteiger partial charge in [-0.15, -0.1) is 0 Å². The molecule has 3 rings (SSSR count). The van der Waals surface area contributed by atoms with Crippen LogP contribution >= 0.6 is 0 Å². The van der Waals surface area contributed by atoms with E-state index in [-0.39, 0.29) is 11.3 Å². The van der Waals surface area contributed by atoms with E-state index in [9.17, 15) is 4.79 Å². The summed E-state index contributed by atoms with van der Waals surface area (Å²) in [6.07, 6.45) is 0.632. The molecule has 1 aliphatic heterocycles. The van der Waals surface area contributed by atoms with Gasteiger partial charge < -0.3 is 4.90 Å². The fraction of sp³-hybridized carbons (Fsp3) is 0.316. The third-order valence-electron chi connectivity index (χ3n) is 4.05. The molecule has 0 aromatic heterocycles. The predicted molar refractivity (Wildman–Crippen MR) is 87.4 cm³/mol. The summed E-state index contributed by atoms with van der Waals surface area (Å²) in [7, 11) is 0. The van der Waals surface area contributed by atoms with Gasteiger partial charge in [0, 0.05) is 18.7 Å². The number of hydrogen-bond acceptors (Lipinski definition) is 1. The van der Waals surface area contributed by atoms with Crippen molar-refractivity contribution in [1.82, 2.24) is 0 Å². The van der Waals surface area contributed by atoms with Gasteiger partial charge >= 0.3 is 0 Å². The Morgan fingerprint density at radius 2 is 1.71 bits per heavy atom. The van der Waals surface area contributed by atoms with Gasteiger partial charge in [0.25, 0.3) is 0 Å². The molecule has 1 amide bonds. The number of hydrogen-bond donors (Lipinski definition) is 0. The summed E-state index contributed by atoms with van der Waals surface area (Å²) in [6.45, 7) is 7.19. The van der Waals surface area contributed by atoms with E-state index < -0.39 is 0 Å². The van der Waals surface area contributed by atoms with Crippen LogP contribution in [0.2, 0.25) is 0 Å². The first-order valence-electron chi connectivity index (χ1n) is 7.42. The quantitative estimate of drug-likeness (QED) is 0.796. The summed E-state index contributed by atoms with van der Waals surface area (Å²) in [5.41, 5.74) is 4.74. The standard InChI is InChI=1S/C19H21NO/c1-14-5-4-6-16(11-14)15-7-9-17(10-8-15)20-13-19(2,3)12-18(20)21/h4-11H,12-13H2,1-3H3. The minimum Gasteiger partial charge on any atom is -0.312 e.